The first-order chi connectivity index (χ1) is 6.92. The number of benzene rings is 1. The predicted molar refractivity (Wildman–Crippen MR) is 51.2 cm³/mol. The number of rotatable bonds is 3. The normalized spacial score (nSPS) is 10.8. The summed E-state index contributed by atoms with van der Waals surface area (Å²) >= 11 is 0. The summed E-state index contributed by atoms with van der Waals surface area (Å²) in [6.07, 6.45) is 0. The van der Waals surface area contributed by atoms with Crippen LogP contribution in [0.15, 0.2) is 24.3 Å². The van der Waals surface area contributed by atoms with E-state index in [1.807, 2.05) is 0 Å². The van der Waals surface area contributed by atoms with Gasteiger partial charge in [0.05, 0.1) is 5.56 Å². The molecule has 7 nitrogen and oxygen atoms in total. The smallest absolute Gasteiger partial charge is 0.324 e. The molecule has 4 N–H and O–H groups in total. The first kappa shape index (κ1) is 11.4. The van der Waals surface area contributed by atoms with Gasteiger partial charge in [0.1, 0.15) is 0 Å². The Morgan fingerprint density at radius 2 is 2.13 bits per heavy atom. The third kappa shape index (κ3) is 3.54. The summed E-state index contributed by atoms with van der Waals surface area (Å²) in [6, 6.07) is 5.61. The van der Waals surface area contributed by atoms with E-state index in [2.05, 4.69) is 9.61 Å². The zero-order chi connectivity index (χ0) is 11.5. The maximum atomic E-state index is 11.1. The van der Waals surface area contributed by atoms with Crippen LogP contribution in [0.4, 0.5) is 5.69 Å². The highest BCUT2D eigenvalue weighted by Crippen LogP contribution is 2.10. The van der Waals surface area contributed by atoms with Crippen LogP contribution in [0.5, 0.6) is 0 Å². The Labute approximate surface area is 85.8 Å². The van der Waals surface area contributed by atoms with Crippen molar-refractivity contribution in [2.45, 2.75) is 0 Å². The first-order valence-electron chi connectivity index (χ1n) is 3.70. The van der Waals surface area contributed by atoms with Crippen molar-refractivity contribution in [3.8, 4) is 0 Å². The Balaban J connectivity index is 2.92. The van der Waals surface area contributed by atoms with Crippen LogP contribution in [0.3, 0.4) is 0 Å². The highest BCUT2D eigenvalue weighted by molar-refractivity contribution is 7.81. The highest BCUT2D eigenvalue weighted by Gasteiger charge is 2.15. The van der Waals surface area contributed by atoms with Crippen molar-refractivity contribution in [2.24, 2.45) is 5.84 Å². The largest absolute Gasteiger partial charge is 0.449 e. The maximum absolute atomic E-state index is 11.1. The van der Waals surface area contributed by atoms with E-state index in [1.54, 1.807) is 6.07 Å². The molecule has 1 aromatic rings. The predicted octanol–water partition coefficient (Wildman–Crippen LogP) is -0.0682. The molecule has 0 unspecified atom stereocenters. The van der Waals surface area contributed by atoms with E-state index >= 15 is 0 Å². The Hall–Kier alpha value is -1.64. The van der Waals surface area contributed by atoms with Gasteiger partial charge in [-0.2, -0.15) is 8.42 Å². The van der Waals surface area contributed by atoms with E-state index in [4.69, 9.17) is 10.4 Å². The molecule has 0 aromatic heterocycles. The molecule has 0 aliphatic rings. The lowest BCUT2D eigenvalue weighted by Crippen LogP contribution is -2.13. The second-order valence-electron chi connectivity index (χ2n) is 2.52. The number of anilines is 1. The molecular formula is C7H8N2O5S. The molecule has 0 aliphatic heterocycles. The third-order valence-corrected chi connectivity index (χ3v) is 1.81. The van der Waals surface area contributed by atoms with Crippen LogP contribution in [-0.2, 0) is 14.6 Å². The van der Waals surface area contributed by atoms with Crippen molar-refractivity contribution >= 4 is 22.1 Å². The summed E-state index contributed by atoms with van der Waals surface area (Å²) in [6.45, 7) is 0. The lowest BCUT2D eigenvalue weighted by molar-refractivity contribution is 0.0727. The number of nitrogen functional groups attached to an aromatic ring is 1. The molecule has 1 rings (SSSR count). The minimum absolute atomic E-state index is 0.0527. The van der Waals surface area contributed by atoms with Gasteiger partial charge >= 0.3 is 16.4 Å². The van der Waals surface area contributed by atoms with Crippen molar-refractivity contribution in [3.05, 3.63) is 29.8 Å². The fraction of sp³-hybridized carbons (Fsp3) is 0. The highest BCUT2D eigenvalue weighted by atomic mass is 32.3. The van der Waals surface area contributed by atoms with Crippen molar-refractivity contribution < 1.29 is 21.9 Å². The quantitative estimate of drug-likeness (QED) is 0.379. The van der Waals surface area contributed by atoms with Gasteiger partial charge in [-0.15, -0.1) is 0 Å². The van der Waals surface area contributed by atoms with Crippen LogP contribution in [0.1, 0.15) is 10.4 Å². The summed E-state index contributed by atoms with van der Waals surface area (Å²) in [7, 11) is -4.79. The first-order valence-corrected chi connectivity index (χ1v) is 5.07. The Kier molecular flexibility index (Phi) is 3.24. The van der Waals surface area contributed by atoms with Crippen LogP contribution < -0.4 is 11.3 Å². The van der Waals surface area contributed by atoms with Gasteiger partial charge in [0.15, 0.2) is 0 Å². The summed E-state index contributed by atoms with van der Waals surface area (Å²) in [5, 5.41) is 0. The van der Waals surface area contributed by atoms with E-state index in [9.17, 15) is 13.2 Å². The Morgan fingerprint density at radius 1 is 1.47 bits per heavy atom. The van der Waals surface area contributed by atoms with Gasteiger partial charge in [-0.1, -0.05) is 6.07 Å². The van der Waals surface area contributed by atoms with E-state index in [-0.39, 0.29) is 5.56 Å². The monoisotopic (exact) mass is 232 g/mol. The van der Waals surface area contributed by atoms with Crippen LogP contribution in [0, 0.1) is 0 Å². The van der Waals surface area contributed by atoms with Gasteiger partial charge < -0.3 is 9.61 Å². The molecular weight excluding hydrogens is 224 g/mol. The van der Waals surface area contributed by atoms with Crippen LogP contribution in [0.25, 0.3) is 0 Å². The molecule has 0 atom stereocenters. The summed E-state index contributed by atoms with van der Waals surface area (Å²) < 4.78 is 32.5. The zero-order valence-electron chi connectivity index (χ0n) is 7.38. The fourth-order valence-electron chi connectivity index (χ4n) is 0.880. The van der Waals surface area contributed by atoms with E-state index < -0.39 is 16.4 Å². The van der Waals surface area contributed by atoms with Crippen molar-refractivity contribution in [3.63, 3.8) is 0 Å². The molecule has 0 radical (unpaired) electrons. The minimum Gasteiger partial charge on any atom is -0.324 e. The third-order valence-electron chi connectivity index (χ3n) is 1.45. The number of nitrogens with two attached hydrogens (primary N) is 1. The average molecular weight is 232 g/mol. The molecule has 0 aliphatic carbocycles. The zero-order valence-corrected chi connectivity index (χ0v) is 8.19. The number of hydrogen-bond donors (Lipinski definition) is 3. The van der Waals surface area contributed by atoms with E-state index in [0.717, 1.165) is 0 Å². The maximum Gasteiger partial charge on any atom is 0.449 e. The molecule has 0 fully saturated rings. The molecule has 0 spiro atoms. The standard InChI is InChI=1S/C7H8N2O5S/c8-9-6-3-1-2-5(4-6)7(10)14-15(11,12)13/h1-4,9H,8H2,(H,11,12,13). The molecule has 0 saturated carbocycles. The van der Waals surface area contributed by atoms with Gasteiger partial charge in [0.2, 0.25) is 0 Å². The summed E-state index contributed by atoms with van der Waals surface area (Å²) in [5.41, 5.74) is 2.62. The van der Waals surface area contributed by atoms with Crippen LogP contribution >= 0.6 is 0 Å². The van der Waals surface area contributed by atoms with Crippen molar-refractivity contribution in [1.29, 1.82) is 0 Å². The molecule has 0 saturated heterocycles. The van der Waals surface area contributed by atoms with Crippen LogP contribution in [-0.4, -0.2) is 18.9 Å². The average Bonchev–Trinajstić information content (AvgIpc) is 2.15. The van der Waals surface area contributed by atoms with E-state index in [0.29, 0.717) is 5.69 Å². The SMILES string of the molecule is NNc1cccc(C(=O)OS(=O)(=O)O)c1. The molecule has 0 amide bonds. The number of nitrogens with one attached hydrogen (secondary N) is 1. The van der Waals surface area contributed by atoms with E-state index in [1.165, 1.54) is 18.2 Å². The van der Waals surface area contributed by atoms with Gasteiger partial charge in [0.25, 0.3) is 0 Å². The second-order valence-corrected chi connectivity index (χ2v) is 3.55. The number of hydrazine groups is 1. The molecule has 1 aromatic carbocycles. The molecule has 0 bridgehead atoms. The molecule has 82 valence electrons. The van der Waals surface area contributed by atoms with Crippen molar-refractivity contribution in [1.82, 2.24) is 0 Å². The lowest BCUT2D eigenvalue weighted by atomic mass is 10.2. The number of hydrogen-bond acceptors (Lipinski definition) is 6. The van der Waals surface area contributed by atoms with Gasteiger partial charge in [0, 0.05) is 5.69 Å². The second kappa shape index (κ2) is 4.26. The van der Waals surface area contributed by atoms with Gasteiger partial charge in [-0.05, 0) is 18.2 Å². The van der Waals surface area contributed by atoms with Gasteiger partial charge in [-0.25, -0.2) is 4.79 Å². The topological polar surface area (TPSA) is 119 Å². The minimum atomic E-state index is -4.79. The van der Waals surface area contributed by atoms with Crippen LogP contribution in [0.2, 0.25) is 0 Å². The summed E-state index contributed by atoms with van der Waals surface area (Å²) in [5.74, 6) is 3.89. The Bertz CT molecular complexity index is 470. The van der Waals surface area contributed by atoms with Crippen molar-refractivity contribution in [2.75, 3.05) is 5.43 Å². The van der Waals surface area contributed by atoms with Gasteiger partial charge in [-0.3, -0.25) is 10.4 Å². The molecule has 15 heavy (non-hydrogen) atoms. The fourth-order valence-corrected chi connectivity index (χ4v) is 1.17. The lowest BCUT2D eigenvalue weighted by Gasteiger charge is -2.02. The molecule has 0 heterocycles. The molecule has 8 heteroatoms. The Morgan fingerprint density at radius 3 is 2.67 bits per heavy atom. The summed E-state index contributed by atoms with van der Waals surface area (Å²) in [4.78, 5) is 11.1. The number of carbonyl (C=O) groups is 1. The number of carbonyl (C=O) groups excluding carboxylic acids is 1.